The molecule has 0 fully saturated rings. The number of nitrogens with two attached hydrogens (primary N) is 1. The number of benzene rings is 2. The van der Waals surface area contributed by atoms with E-state index in [1.807, 2.05) is 0 Å². The van der Waals surface area contributed by atoms with Crippen LogP contribution >= 0.6 is 0 Å². The smallest absolute Gasteiger partial charge is 0.330 e. The fraction of sp³-hybridized carbons (Fsp3) is 0.333. The maximum atomic E-state index is 11.8. The number of aryl methyl sites for hydroxylation is 4. The summed E-state index contributed by atoms with van der Waals surface area (Å²) in [5.74, 6) is -0.00646. The van der Waals surface area contributed by atoms with E-state index in [0.717, 1.165) is 24.0 Å². The van der Waals surface area contributed by atoms with Gasteiger partial charge in [0.25, 0.3) is 0 Å². The van der Waals surface area contributed by atoms with Crippen molar-refractivity contribution < 1.29 is 4.52 Å². The lowest BCUT2D eigenvalue weighted by atomic mass is 9.69. The van der Waals surface area contributed by atoms with Crippen LogP contribution in [0.5, 0.6) is 0 Å². The summed E-state index contributed by atoms with van der Waals surface area (Å²) >= 11 is 0. The van der Waals surface area contributed by atoms with E-state index in [1.54, 1.807) is 0 Å². The zero-order valence-electron chi connectivity index (χ0n) is 15.1. The van der Waals surface area contributed by atoms with Gasteiger partial charge < -0.3 is 5.73 Å². The number of aromatic amines is 1. The molecular formula is C21H23N3O2. The van der Waals surface area contributed by atoms with Gasteiger partial charge in [0.2, 0.25) is 0 Å². The van der Waals surface area contributed by atoms with Crippen LogP contribution in [-0.2, 0) is 18.3 Å². The number of rotatable bonds is 3. The van der Waals surface area contributed by atoms with Crippen molar-refractivity contribution in [2.75, 3.05) is 6.54 Å². The fourth-order valence-corrected chi connectivity index (χ4v) is 4.38. The average Bonchev–Trinajstić information content (AvgIpc) is 3.00. The van der Waals surface area contributed by atoms with Gasteiger partial charge in [-0.15, -0.1) is 0 Å². The van der Waals surface area contributed by atoms with E-state index in [9.17, 15) is 4.79 Å². The standard InChI is InChI=1S/C21H23N3O2/c1-13-3-7-17-15(11-13)5-6-16-12-14(2)4-8-18(16)21(17,9-10-22)19-23-20(25)26-24-19/h3-4,7-8,11-12H,5-6,9-10,22H2,1-2H3,(H,23,24,25). The molecule has 0 bridgehead atoms. The summed E-state index contributed by atoms with van der Waals surface area (Å²) in [4.78, 5) is 14.6. The molecule has 0 unspecified atom stereocenters. The summed E-state index contributed by atoms with van der Waals surface area (Å²) in [5.41, 5.74) is 12.8. The van der Waals surface area contributed by atoms with Crippen molar-refractivity contribution >= 4 is 0 Å². The number of H-pyrrole nitrogens is 1. The summed E-state index contributed by atoms with van der Waals surface area (Å²) in [6.45, 7) is 4.67. The molecule has 1 aromatic heterocycles. The third-order valence-corrected chi connectivity index (χ3v) is 5.47. The molecule has 3 N–H and O–H groups in total. The van der Waals surface area contributed by atoms with Crippen molar-refractivity contribution in [3.63, 3.8) is 0 Å². The highest BCUT2D eigenvalue weighted by Crippen LogP contribution is 2.45. The molecule has 0 saturated carbocycles. The normalized spacial score (nSPS) is 15.2. The Morgan fingerprint density at radius 1 is 1.08 bits per heavy atom. The van der Waals surface area contributed by atoms with Crippen molar-refractivity contribution in [2.45, 2.75) is 38.5 Å². The zero-order chi connectivity index (χ0) is 18.3. The van der Waals surface area contributed by atoms with Crippen LogP contribution < -0.4 is 11.5 Å². The van der Waals surface area contributed by atoms with Gasteiger partial charge in [-0.3, -0.25) is 9.51 Å². The Morgan fingerprint density at radius 3 is 2.12 bits per heavy atom. The van der Waals surface area contributed by atoms with Crippen molar-refractivity contribution in [3.8, 4) is 0 Å². The first-order chi connectivity index (χ1) is 12.5. The lowest BCUT2D eigenvalue weighted by molar-refractivity contribution is 0.370. The molecule has 3 aromatic rings. The van der Waals surface area contributed by atoms with Crippen LogP contribution in [0, 0.1) is 13.8 Å². The summed E-state index contributed by atoms with van der Waals surface area (Å²) in [5, 5.41) is 4.12. The van der Waals surface area contributed by atoms with Gasteiger partial charge in [0, 0.05) is 0 Å². The first kappa shape index (κ1) is 16.8. The van der Waals surface area contributed by atoms with Crippen LogP contribution in [0.15, 0.2) is 45.7 Å². The van der Waals surface area contributed by atoms with Crippen LogP contribution in [0.3, 0.4) is 0 Å². The maximum Gasteiger partial charge on any atom is 0.438 e. The average molecular weight is 349 g/mol. The van der Waals surface area contributed by atoms with Crippen LogP contribution in [0.1, 0.15) is 45.6 Å². The van der Waals surface area contributed by atoms with E-state index in [2.05, 4.69) is 60.4 Å². The molecule has 0 atom stereocenters. The minimum absolute atomic E-state index is 0.468. The highest BCUT2D eigenvalue weighted by atomic mass is 16.5. The predicted octanol–water partition coefficient (Wildman–Crippen LogP) is 2.76. The molecule has 1 aliphatic rings. The maximum absolute atomic E-state index is 11.8. The molecule has 4 rings (SSSR count). The van der Waals surface area contributed by atoms with Gasteiger partial charge in [-0.25, -0.2) is 4.79 Å². The van der Waals surface area contributed by atoms with E-state index in [0.29, 0.717) is 18.8 Å². The predicted molar refractivity (Wildman–Crippen MR) is 100 cm³/mol. The Labute approximate surface area is 152 Å². The van der Waals surface area contributed by atoms with Crippen LogP contribution in [0.2, 0.25) is 0 Å². The van der Waals surface area contributed by atoms with Crippen molar-refractivity contribution in [1.82, 2.24) is 10.1 Å². The molecule has 2 aromatic carbocycles. The molecule has 0 aliphatic heterocycles. The molecule has 134 valence electrons. The van der Waals surface area contributed by atoms with Crippen LogP contribution in [-0.4, -0.2) is 16.7 Å². The molecule has 0 saturated heterocycles. The van der Waals surface area contributed by atoms with E-state index in [-0.39, 0.29) is 0 Å². The van der Waals surface area contributed by atoms with E-state index in [1.165, 1.54) is 22.3 Å². The highest BCUT2D eigenvalue weighted by molar-refractivity contribution is 5.55. The van der Waals surface area contributed by atoms with Gasteiger partial charge in [-0.2, -0.15) is 0 Å². The van der Waals surface area contributed by atoms with Gasteiger partial charge in [0.05, 0.1) is 5.41 Å². The van der Waals surface area contributed by atoms with Gasteiger partial charge in [-0.05, 0) is 61.9 Å². The summed E-state index contributed by atoms with van der Waals surface area (Å²) in [6.07, 6.45) is 2.53. The molecule has 0 radical (unpaired) electrons. The van der Waals surface area contributed by atoms with Crippen LogP contribution in [0.25, 0.3) is 0 Å². The molecule has 5 heteroatoms. The number of fused-ring (bicyclic) bond motifs is 2. The van der Waals surface area contributed by atoms with Crippen molar-refractivity contribution in [2.24, 2.45) is 5.73 Å². The second-order valence-electron chi connectivity index (χ2n) is 7.21. The number of aromatic nitrogens is 2. The van der Waals surface area contributed by atoms with E-state index >= 15 is 0 Å². The Morgan fingerprint density at radius 2 is 1.65 bits per heavy atom. The molecule has 1 heterocycles. The molecule has 1 aliphatic carbocycles. The summed E-state index contributed by atoms with van der Waals surface area (Å²) in [7, 11) is 0. The quantitative estimate of drug-likeness (QED) is 0.761. The second-order valence-corrected chi connectivity index (χ2v) is 7.21. The minimum Gasteiger partial charge on any atom is -0.330 e. The molecule has 0 amide bonds. The zero-order valence-corrected chi connectivity index (χ0v) is 15.1. The van der Waals surface area contributed by atoms with Gasteiger partial charge >= 0.3 is 5.76 Å². The molecule has 5 nitrogen and oxygen atoms in total. The number of nitrogens with one attached hydrogen (secondary N) is 1. The SMILES string of the molecule is Cc1ccc2c(c1)CCc1cc(C)ccc1C2(CCN)c1noc(=O)[nH]1. The first-order valence-corrected chi connectivity index (χ1v) is 9.01. The second kappa shape index (κ2) is 6.25. The third-order valence-electron chi connectivity index (χ3n) is 5.47. The fourth-order valence-electron chi connectivity index (χ4n) is 4.38. The van der Waals surface area contributed by atoms with Gasteiger partial charge in [0.1, 0.15) is 0 Å². The Bertz CT molecular complexity index is 963. The van der Waals surface area contributed by atoms with E-state index in [4.69, 9.17) is 10.3 Å². The third kappa shape index (κ3) is 2.51. The van der Waals surface area contributed by atoms with Crippen LogP contribution in [0.4, 0.5) is 0 Å². The molecule has 0 spiro atoms. The number of nitrogens with zero attached hydrogens (tertiary/aromatic N) is 1. The van der Waals surface area contributed by atoms with Crippen molar-refractivity contribution in [1.29, 1.82) is 0 Å². The Hall–Kier alpha value is -2.66. The van der Waals surface area contributed by atoms with Gasteiger partial charge in [-0.1, -0.05) is 52.7 Å². The molecular weight excluding hydrogens is 326 g/mol. The lowest BCUT2D eigenvalue weighted by Crippen LogP contribution is -2.35. The lowest BCUT2D eigenvalue weighted by Gasteiger charge is -2.34. The van der Waals surface area contributed by atoms with Crippen molar-refractivity contribution in [3.05, 3.63) is 86.2 Å². The minimum atomic E-state index is -0.608. The number of hydrogen-bond donors (Lipinski definition) is 2. The monoisotopic (exact) mass is 349 g/mol. The molecule has 26 heavy (non-hydrogen) atoms. The summed E-state index contributed by atoms with van der Waals surface area (Å²) in [6, 6.07) is 13.0. The Kier molecular flexibility index (Phi) is 4.04. The largest absolute Gasteiger partial charge is 0.438 e. The number of hydrogen-bond acceptors (Lipinski definition) is 4. The summed E-state index contributed by atoms with van der Waals surface area (Å²) < 4.78 is 4.91. The highest BCUT2D eigenvalue weighted by Gasteiger charge is 2.43. The van der Waals surface area contributed by atoms with Gasteiger partial charge in [0.15, 0.2) is 5.82 Å². The van der Waals surface area contributed by atoms with E-state index < -0.39 is 11.2 Å². The topological polar surface area (TPSA) is 84.9 Å². The first-order valence-electron chi connectivity index (χ1n) is 9.01. The Balaban J connectivity index is 2.11.